The topological polar surface area (TPSA) is 28.2 Å². The van der Waals surface area contributed by atoms with Gasteiger partial charge in [0.1, 0.15) is 5.82 Å². The van der Waals surface area contributed by atoms with E-state index in [9.17, 15) is 0 Å². The number of aromatic nitrogens is 1. The van der Waals surface area contributed by atoms with Crippen LogP contribution in [0.5, 0.6) is 0 Å². The molecule has 0 aliphatic heterocycles. The van der Waals surface area contributed by atoms with E-state index in [0.29, 0.717) is 0 Å². The van der Waals surface area contributed by atoms with Crippen molar-refractivity contribution >= 4 is 33.1 Å². The Labute approximate surface area is 116 Å². The van der Waals surface area contributed by atoms with Gasteiger partial charge in [-0.1, -0.05) is 12.1 Å². The number of nitrogens with zero attached hydrogens (tertiary/aromatic N) is 2. The Morgan fingerprint density at radius 2 is 1.94 bits per heavy atom. The molecular formula is C14H16BrN3. The van der Waals surface area contributed by atoms with Crippen LogP contribution >= 0.6 is 15.9 Å². The lowest BCUT2D eigenvalue weighted by Gasteiger charge is -2.18. The number of benzene rings is 1. The van der Waals surface area contributed by atoms with Crippen LogP contribution < -0.4 is 10.2 Å². The van der Waals surface area contributed by atoms with Gasteiger partial charge in [-0.05, 0) is 46.6 Å². The number of aryl methyl sites for hydroxylation is 1. The number of rotatable bonds is 3. The van der Waals surface area contributed by atoms with Crippen molar-refractivity contribution in [1.82, 2.24) is 4.98 Å². The van der Waals surface area contributed by atoms with E-state index in [0.717, 1.165) is 27.2 Å². The molecule has 0 unspecified atom stereocenters. The van der Waals surface area contributed by atoms with Gasteiger partial charge >= 0.3 is 0 Å². The first-order valence-corrected chi connectivity index (χ1v) is 6.53. The van der Waals surface area contributed by atoms with Crippen LogP contribution in [0.1, 0.15) is 5.56 Å². The van der Waals surface area contributed by atoms with Gasteiger partial charge in [-0.15, -0.1) is 0 Å². The van der Waals surface area contributed by atoms with E-state index >= 15 is 0 Å². The fourth-order valence-corrected chi connectivity index (χ4v) is 2.28. The van der Waals surface area contributed by atoms with E-state index in [1.54, 1.807) is 0 Å². The summed E-state index contributed by atoms with van der Waals surface area (Å²) in [4.78, 5) is 6.47. The summed E-state index contributed by atoms with van der Waals surface area (Å²) in [5.74, 6) is 0.829. The van der Waals surface area contributed by atoms with Crippen molar-refractivity contribution in [1.29, 1.82) is 0 Å². The minimum absolute atomic E-state index is 0.829. The molecule has 0 atom stereocenters. The molecule has 0 aliphatic rings. The SMILES string of the molecule is Cc1cnc(Nc2ccccc2N(C)C)c(Br)c1. The molecule has 1 aromatic heterocycles. The fourth-order valence-electron chi connectivity index (χ4n) is 1.72. The monoisotopic (exact) mass is 305 g/mol. The quantitative estimate of drug-likeness (QED) is 0.930. The van der Waals surface area contributed by atoms with Crippen molar-refractivity contribution in [3.63, 3.8) is 0 Å². The Balaban J connectivity index is 2.34. The molecule has 0 aliphatic carbocycles. The largest absolute Gasteiger partial charge is 0.376 e. The smallest absolute Gasteiger partial charge is 0.144 e. The second-order valence-electron chi connectivity index (χ2n) is 4.38. The average Bonchev–Trinajstić information content (AvgIpc) is 2.33. The van der Waals surface area contributed by atoms with Gasteiger partial charge in [0.2, 0.25) is 0 Å². The number of pyridine rings is 1. The maximum Gasteiger partial charge on any atom is 0.144 e. The van der Waals surface area contributed by atoms with E-state index in [1.165, 1.54) is 0 Å². The van der Waals surface area contributed by atoms with E-state index in [1.807, 2.05) is 51.5 Å². The predicted octanol–water partition coefficient (Wildman–Crippen LogP) is 3.96. The first-order valence-electron chi connectivity index (χ1n) is 5.73. The first kappa shape index (κ1) is 12.9. The highest BCUT2D eigenvalue weighted by molar-refractivity contribution is 9.10. The van der Waals surface area contributed by atoms with Gasteiger partial charge in [0.15, 0.2) is 0 Å². The van der Waals surface area contributed by atoms with Crippen LogP contribution in [0, 0.1) is 6.92 Å². The highest BCUT2D eigenvalue weighted by atomic mass is 79.9. The predicted molar refractivity (Wildman–Crippen MR) is 80.7 cm³/mol. The van der Waals surface area contributed by atoms with Crippen molar-refractivity contribution in [2.45, 2.75) is 6.92 Å². The number of nitrogens with one attached hydrogen (secondary N) is 1. The molecule has 2 rings (SSSR count). The zero-order valence-electron chi connectivity index (χ0n) is 10.7. The van der Waals surface area contributed by atoms with Gasteiger partial charge in [-0.2, -0.15) is 0 Å². The molecule has 1 N–H and O–H groups in total. The Hall–Kier alpha value is -1.55. The molecule has 1 heterocycles. The van der Waals surface area contributed by atoms with Gasteiger partial charge in [0, 0.05) is 20.3 Å². The molecule has 1 aromatic carbocycles. The second-order valence-corrected chi connectivity index (χ2v) is 5.23. The number of halogens is 1. The summed E-state index contributed by atoms with van der Waals surface area (Å²) >= 11 is 3.53. The lowest BCUT2D eigenvalue weighted by Crippen LogP contribution is -2.11. The summed E-state index contributed by atoms with van der Waals surface area (Å²) in [6.07, 6.45) is 1.85. The van der Waals surface area contributed by atoms with E-state index in [-0.39, 0.29) is 0 Å². The average molecular weight is 306 g/mol. The van der Waals surface area contributed by atoms with Gasteiger partial charge in [-0.3, -0.25) is 0 Å². The third-order valence-corrected chi connectivity index (χ3v) is 3.22. The van der Waals surface area contributed by atoms with Gasteiger partial charge in [-0.25, -0.2) is 4.98 Å². The highest BCUT2D eigenvalue weighted by Crippen LogP contribution is 2.29. The third kappa shape index (κ3) is 2.82. The van der Waals surface area contributed by atoms with Crippen LogP contribution in [0.15, 0.2) is 41.0 Å². The number of hydrogen-bond acceptors (Lipinski definition) is 3. The molecule has 94 valence electrons. The molecule has 2 aromatic rings. The van der Waals surface area contributed by atoms with Crippen LogP contribution in [0.3, 0.4) is 0 Å². The molecule has 0 radical (unpaired) electrons. The standard InChI is InChI=1S/C14H16BrN3/c1-10-8-11(15)14(16-9-10)17-12-6-4-5-7-13(12)18(2)3/h4-9H,1-3H3,(H,16,17). The van der Waals surface area contributed by atoms with Gasteiger partial charge < -0.3 is 10.2 Å². The summed E-state index contributed by atoms with van der Waals surface area (Å²) in [7, 11) is 4.05. The summed E-state index contributed by atoms with van der Waals surface area (Å²) < 4.78 is 0.969. The normalized spacial score (nSPS) is 10.2. The molecule has 0 amide bonds. The molecule has 0 spiro atoms. The lowest BCUT2D eigenvalue weighted by molar-refractivity contribution is 1.13. The van der Waals surface area contributed by atoms with Crippen molar-refractivity contribution in [3.8, 4) is 0 Å². The lowest BCUT2D eigenvalue weighted by atomic mass is 10.2. The molecular weight excluding hydrogens is 290 g/mol. The summed E-state index contributed by atoms with van der Waals surface area (Å²) in [6.45, 7) is 2.02. The summed E-state index contributed by atoms with van der Waals surface area (Å²) in [5.41, 5.74) is 3.31. The molecule has 0 saturated carbocycles. The maximum atomic E-state index is 4.40. The number of hydrogen-bond donors (Lipinski definition) is 1. The van der Waals surface area contributed by atoms with Crippen LogP contribution in [0.4, 0.5) is 17.2 Å². The Bertz CT molecular complexity index is 552. The van der Waals surface area contributed by atoms with E-state index in [2.05, 4.69) is 37.2 Å². The molecule has 0 saturated heterocycles. The van der Waals surface area contributed by atoms with Crippen LogP contribution in [-0.4, -0.2) is 19.1 Å². The zero-order chi connectivity index (χ0) is 13.1. The molecule has 3 nitrogen and oxygen atoms in total. The summed E-state index contributed by atoms with van der Waals surface area (Å²) in [5, 5.41) is 3.35. The number of anilines is 3. The van der Waals surface area contributed by atoms with Gasteiger partial charge in [0.25, 0.3) is 0 Å². The van der Waals surface area contributed by atoms with Gasteiger partial charge in [0.05, 0.1) is 15.8 Å². The van der Waals surface area contributed by atoms with Crippen molar-refractivity contribution < 1.29 is 0 Å². The Kier molecular flexibility index (Phi) is 3.87. The minimum atomic E-state index is 0.829. The molecule has 4 heteroatoms. The van der Waals surface area contributed by atoms with E-state index in [4.69, 9.17) is 0 Å². The Morgan fingerprint density at radius 3 is 2.61 bits per heavy atom. The Morgan fingerprint density at radius 1 is 1.22 bits per heavy atom. The summed E-state index contributed by atoms with van der Waals surface area (Å²) in [6, 6.07) is 10.2. The fraction of sp³-hybridized carbons (Fsp3) is 0.214. The van der Waals surface area contributed by atoms with Crippen molar-refractivity contribution in [2.24, 2.45) is 0 Å². The molecule has 0 bridgehead atoms. The van der Waals surface area contributed by atoms with Crippen molar-refractivity contribution in [3.05, 3.63) is 46.6 Å². The third-order valence-electron chi connectivity index (χ3n) is 2.62. The molecule has 18 heavy (non-hydrogen) atoms. The molecule has 0 fully saturated rings. The van der Waals surface area contributed by atoms with Crippen molar-refractivity contribution in [2.75, 3.05) is 24.3 Å². The van der Waals surface area contributed by atoms with Crippen LogP contribution in [0.2, 0.25) is 0 Å². The second kappa shape index (κ2) is 5.40. The number of para-hydroxylation sites is 2. The highest BCUT2D eigenvalue weighted by Gasteiger charge is 2.07. The first-order chi connectivity index (χ1) is 8.58. The van der Waals surface area contributed by atoms with Crippen LogP contribution in [0.25, 0.3) is 0 Å². The van der Waals surface area contributed by atoms with Crippen LogP contribution in [-0.2, 0) is 0 Å². The van der Waals surface area contributed by atoms with E-state index < -0.39 is 0 Å². The minimum Gasteiger partial charge on any atom is -0.376 e. The maximum absolute atomic E-state index is 4.40. The zero-order valence-corrected chi connectivity index (χ0v) is 12.3.